The molecule has 1 aliphatic rings. The van der Waals surface area contributed by atoms with Crippen LogP contribution in [0, 0.1) is 13.8 Å². The molecule has 33 heavy (non-hydrogen) atoms. The summed E-state index contributed by atoms with van der Waals surface area (Å²) < 4.78 is 7.25. The number of nitrogens with one attached hydrogen (secondary N) is 1. The summed E-state index contributed by atoms with van der Waals surface area (Å²) in [5.41, 5.74) is 4.71. The van der Waals surface area contributed by atoms with E-state index in [2.05, 4.69) is 39.6 Å². The molecule has 1 aliphatic heterocycles. The van der Waals surface area contributed by atoms with Gasteiger partial charge in [0.05, 0.1) is 31.0 Å². The molecule has 0 saturated carbocycles. The number of carbonyl (C=O) groups is 1. The van der Waals surface area contributed by atoms with Gasteiger partial charge in [0, 0.05) is 12.2 Å². The van der Waals surface area contributed by atoms with Crippen molar-refractivity contribution >= 4 is 5.91 Å². The van der Waals surface area contributed by atoms with E-state index in [1.165, 1.54) is 30.4 Å². The molecule has 2 aromatic carbocycles. The lowest BCUT2D eigenvalue weighted by molar-refractivity contribution is 0.0923. The fourth-order valence-electron chi connectivity index (χ4n) is 4.73. The zero-order valence-electron chi connectivity index (χ0n) is 19.9. The van der Waals surface area contributed by atoms with Crippen LogP contribution < -0.4 is 10.1 Å². The second-order valence-corrected chi connectivity index (χ2v) is 8.78. The van der Waals surface area contributed by atoms with E-state index >= 15 is 0 Å². The van der Waals surface area contributed by atoms with Gasteiger partial charge < -0.3 is 10.1 Å². The molecule has 1 fully saturated rings. The fraction of sp³-hybridized carbons (Fsp3) is 0.407. The van der Waals surface area contributed by atoms with Crippen LogP contribution in [0.2, 0.25) is 0 Å². The Kier molecular flexibility index (Phi) is 7.45. The Bertz CT molecular complexity index is 1050. The molecular formula is C27H34N4O2. The van der Waals surface area contributed by atoms with Crippen molar-refractivity contribution < 1.29 is 9.53 Å². The van der Waals surface area contributed by atoms with Crippen molar-refractivity contribution in [1.82, 2.24) is 20.0 Å². The van der Waals surface area contributed by atoms with E-state index in [-0.39, 0.29) is 11.9 Å². The van der Waals surface area contributed by atoms with Crippen LogP contribution in [0.3, 0.4) is 0 Å². The van der Waals surface area contributed by atoms with Crippen molar-refractivity contribution in [2.75, 3.05) is 26.7 Å². The molecule has 0 unspecified atom stereocenters. The number of benzene rings is 2. The summed E-state index contributed by atoms with van der Waals surface area (Å²) in [5.74, 6) is 0.789. The highest BCUT2D eigenvalue weighted by atomic mass is 16.5. The lowest BCUT2D eigenvalue weighted by Gasteiger charge is -2.35. The number of rotatable bonds is 8. The third-order valence-electron chi connectivity index (χ3n) is 6.57. The Morgan fingerprint density at radius 3 is 2.39 bits per heavy atom. The number of likely N-dealkylation sites (tertiary alicyclic amines) is 1. The Hall–Kier alpha value is -3.12. The van der Waals surface area contributed by atoms with Crippen LogP contribution in [0.5, 0.6) is 5.75 Å². The van der Waals surface area contributed by atoms with Crippen LogP contribution in [0.25, 0.3) is 0 Å². The number of piperidine rings is 1. The van der Waals surface area contributed by atoms with Gasteiger partial charge in [-0.3, -0.25) is 14.4 Å². The molecule has 0 spiro atoms. The van der Waals surface area contributed by atoms with Crippen molar-refractivity contribution in [1.29, 1.82) is 0 Å². The molecule has 0 aliphatic carbocycles. The third-order valence-corrected chi connectivity index (χ3v) is 6.57. The molecule has 1 aromatic heterocycles. The standard InChI is InChI=1S/C27H34N4O2/c1-20-26(21(2)31(29-20)19-22-10-6-4-7-11-22)27(32)28-18-25(30-16-8-5-9-17-30)23-12-14-24(33-3)15-13-23/h4,6-7,10-15,25H,5,8-9,16-19H2,1-3H3,(H,28,32)/t25-/m0/s1. The summed E-state index contributed by atoms with van der Waals surface area (Å²) >= 11 is 0. The summed E-state index contributed by atoms with van der Waals surface area (Å²) in [5, 5.41) is 7.87. The topological polar surface area (TPSA) is 59.4 Å². The van der Waals surface area contributed by atoms with E-state index in [0.29, 0.717) is 18.7 Å². The number of aryl methyl sites for hydroxylation is 1. The summed E-state index contributed by atoms with van der Waals surface area (Å²) in [7, 11) is 1.68. The average Bonchev–Trinajstić information content (AvgIpc) is 3.13. The number of carbonyl (C=O) groups excluding carboxylic acids is 1. The second-order valence-electron chi connectivity index (χ2n) is 8.78. The summed E-state index contributed by atoms with van der Waals surface area (Å²) in [6.07, 6.45) is 3.67. The van der Waals surface area contributed by atoms with Gasteiger partial charge in [-0.15, -0.1) is 0 Å². The van der Waals surface area contributed by atoms with Crippen molar-refractivity contribution in [3.05, 3.63) is 82.7 Å². The molecule has 1 saturated heterocycles. The molecule has 6 heteroatoms. The zero-order valence-corrected chi connectivity index (χ0v) is 19.9. The molecule has 6 nitrogen and oxygen atoms in total. The number of aromatic nitrogens is 2. The van der Waals surface area contributed by atoms with Gasteiger partial charge in [-0.1, -0.05) is 48.9 Å². The lowest BCUT2D eigenvalue weighted by atomic mass is 10.0. The normalized spacial score (nSPS) is 15.2. The molecule has 4 rings (SSSR count). The Morgan fingerprint density at radius 1 is 1.03 bits per heavy atom. The minimum atomic E-state index is -0.0557. The molecule has 1 N–H and O–H groups in total. The number of nitrogens with zero attached hydrogens (tertiary/aromatic N) is 3. The highest BCUT2D eigenvalue weighted by Gasteiger charge is 2.25. The van der Waals surface area contributed by atoms with Crippen molar-refractivity contribution in [2.45, 2.75) is 45.7 Å². The van der Waals surface area contributed by atoms with E-state index < -0.39 is 0 Å². The van der Waals surface area contributed by atoms with Gasteiger partial charge in [0.15, 0.2) is 0 Å². The molecule has 3 aromatic rings. The molecule has 1 amide bonds. The van der Waals surface area contributed by atoms with Crippen molar-refractivity contribution in [3.8, 4) is 5.75 Å². The van der Waals surface area contributed by atoms with Crippen LogP contribution >= 0.6 is 0 Å². The van der Waals surface area contributed by atoms with Gasteiger partial charge in [-0.25, -0.2) is 0 Å². The Balaban J connectivity index is 1.50. The number of hydrogen-bond acceptors (Lipinski definition) is 4. The summed E-state index contributed by atoms with van der Waals surface area (Å²) in [6.45, 7) is 7.22. The quantitative estimate of drug-likeness (QED) is 0.553. The summed E-state index contributed by atoms with van der Waals surface area (Å²) in [6, 6.07) is 18.6. The predicted octanol–water partition coefficient (Wildman–Crippen LogP) is 4.51. The fourth-order valence-corrected chi connectivity index (χ4v) is 4.73. The first-order valence-corrected chi connectivity index (χ1v) is 11.8. The van der Waals surface area contributed by atoms with E-state index in [0.717, 1.165) is 30.2 Å². The first-order valence-electron chi connectivity index (χ1n) is 11.8. The Labute approximate surface area is 196 Å². The van der Waals surface area contributed by atoms with Gasteiger partial charge in [-0.2, -0.15) is 5.10 Å². The predicted molar refractivity (Wildman–Crippen MR) is 131 cm³/mol. The number of ether oxygens (including phenoxy) is 1. The molecule has 2 heterocycles. The van der Waals surface area contributed by atoms with E-state index in [1.54, 1.807) is 7.11 Å². The van der Waals surface area contributed by atoms with E-state index in [9.17, 15) is 4.79 Å². The zero-order chi connectivity index (χ0) is 23.2. The van der Waals surface area contributed by atoms with Gasteiger partial charge >= 0.3 is 0 Å². The largest absolute Gasteiger partial charge is 0.497 e. The highest BCUT2D eigenvalue weighted by molar-refractivity contribution is 5.96. The number of amides is 1. The van der Waals surface area contributed by atoms with Gasteiger partial charge in [-0.05, 0) is 63.0 Å². The monoisotopic (exact) mass is 446 g/mol. The number of hydrogen-bond donors (Lipinski definition) is 1. The van der Waals surface area contributed by atoms with Crippen LogP contribution in [-0.4, -0.2) is 47.3 Å². The molecule has 174 valence electrons. The van der Waals surface area contributed by atoms with Crippen LogP contribution in [-0.2, 0) is 6.54 Å². The summed E-state index contributed by atoms with van der Waals surface area (Å²) in [4.78, 5) is 15.8. The number of methoxy groups -OCH3 is 1. The minimum absolute atomic E-state index is 0.0557. The molecule has 1 atom stereocenters. The van der Waals surface area contributed by atoms with Crippen LogP contribution in [0.1, 0.15) is 58.2 Å². The van der Waals surface area contributed by atoms with Gasteiger partial charge in [0.25, 0.3) is 5.91 Å². The molecule has 0 radical (unpaired) electrons. The molecule has 0 bridgehead atoms. The first kappa shape index (κ1) is 23.1. The van der Waals surface area contributed by atoms with Crippen molar-refractivity contribution in [2.24, 2.45) is 0 Å². The van der Waals surface area contributed by atoms with Crippen LogP contribution in [0.4, 0.5) is 0 Å². The van der Waals surface area contributed by atoms with E-state index in [4.69, 9.17) is 4.74 Å². The smallest absolute Gasteiger partial charge is 0.255 e. The lowest BCUT2D eigenvalue weighted by Crippen LogP contribution is -2.40. The first-order chi connectivity index (χ1) is 16.1. The molecular weight excluding hydrogens is 412 g/mol. The maximum Gasteiger partial charge on any atom is 0.255 e. The maximum absolute atomic E-state index is 13.3. The SMILES string of the molecule is COc1ccc([C@H](CNC(=O)c2c(C)nn(Cc3ccccc3)c2C)N2CCCCC2)cc1. The minimum Gasteiger partial charge on any atom is -0.497 e. The Morgan fingerprint density at radius 2 is 1.73 bits per heavy atom. The average molecular weight is 447 g/mol. The van der Waals surface area contributed by atoms with Gasteiger partial charge in [0.2, 0.25) is 0 Å². The van der Waals surface area contributed by atoms with Crippen molar-refractivity contribution in [3.63, 3.8) is 0 Å². The highest BCUT2D eigenvalue weighted by Crippen LogP contribution is 2.26. The second kappa shape index (κ2) is 10.7. The third kappa shape index (κ3) is 5.45. The van der Waals surface area contributed by atoms with E-state index in [1.807, 2.05) is 48.9 Å². The maximum atomic E-state index is 13.3. The van der Waals surface area contributed by atoms with Gasteiger partial charge in [0.1, 0.15) is 5.75 Å². The van der Waals surface area contributed by atoms with Crippen LogP contribution in [0.15, 0.2) is 54.6 Å².